The van der Waals surface area contributed by atoms with Crippen molar-refractivity contribution in [2.45, 2.75) is 59.7 Å². The lowest BCUT2D eigenvalue weighted by Gasteiger charge is -2.37. The zero-order chi connectivity index (χ0) is 18.4. The second-order valence-electron chi connectivity index (χ2n) is 8.14. The van der Waals surface area contributed by atoms with Crippen molar-refractivity contribution in [3.63, 3.8) is 0 Å². The van der Waals surface area contributed by atoms with E-state index in [0.29, 0.717) is 11.7 Å². The SMILES string of the molecule is Cc1noc(C2CN(Cc3c(C)nn(C(C)(C)C)c3C)CCN2C)n1. The molecule has 0 radical (unpaired) electrons. The Balaban J connectivity index is 1.79. The van der Waals surface area contributed by atoms with Crippen molar-refractivity contribution in [2.75, 3.05) is 26.7 Å². The molecular formula is C18H30N6O. The van der Waals surface area contributed by atoms with Crippen LogP contribution in [0, 0.1) is 20.8 Å². The van der Waals surface area contributed by atoms with E-state index in [-0.39, 0.29) is 11.6 Å². The van der Waals surface area contributed by atoms with Crippen molar-refractivity contribution in [1.82, 2.24) is 29.7 Å². The molecule has 1 aliphatic rings. The zero-order valence-electron chi connectivity index (χ0n) is 16.5. The van der Waals surface area contributed by atoms with Crippen molar-refractivity contribution in [1.29, 1.82) is 0 Å². The van der Waals surface area contributed by atoms with Gasteiger partial charge in [-0.15, -0.1) is 0 Å². The highest BCUT2D eigenvalue weighted by Crippen LogP contribution is 2.26. The highest BCUT2D eigenvalue weighted by Gasteiger charge is 2.31. The molecule has 25 heavy (non-hydrogen) atoms. The van der Waals surface area contributed by atoms with Crippen molar-refractivity contribution in [3.8, 4) is 0 Å². The minimum absolute atomic E-state index is 0.000963. The molecular weight excluding hydrogens is 316 g/mol. The molecule has 138 valence electrons. The van der Waals surface area contributed by atoms with Gasteiger partial charge in [-0.3, -0.25) is 14.5 Å². The summed E-state index contributed by atoms with van der Waals surface area (Å²) in [5.74, 6) is 1.40. The second kappa shape index (κ2) is 6.53. The number of nitrogens with zero attached hydrogens (tertiary/aromatic N) is 6. The Morgan fingerprint density at radius 2 is 1.88 bits per heavy atom. The Bertz CT molecular complexity index is 741. The summed E-state index contributed by atoms with van der Waals surface area (Å²) in [6, 6.07) is 0.147. The molecule has 1 unspecified atom stereocenters. The van der Waals surface area contributed by atoms with Crippen LogP contribution in [0.25, 0.3) is 0 Å². The van der Waals surface area contributed by atoms with Gasteiger partial charge in [0.25, 0.3) is 0 Å². The molecule has 0 spiro atoms. The number of aromatic nitrogens is 4. The summed E-state index contributed by atoms with van der Waals surface area (Å²) < 4.78 is 7.57. The van der Waals surface area contributed by atoms with Gasteiger partial charge in [0.15, 0.2) is 5.82 Å². The van der Waals surface area contributed by atoms with Gasteiger partial charge in [0, 0.05) is 37.4 Å². The van der Waals surface area contributed by atoms with E-state index in [4.69, 9.17) is 9.62 Å². The Morgan fingerprint density at radius 3 is 2.44 bits per heavy atom. The van der Waals surface area contributed by atoms with Gasteiger partial charge in [-0.2, -0.15) is 10.1 Å². The quantitative estimate of drug-likeness (QED) is 0.850. The molecule has 7 nitrogen and oxygen atoms in total. The van der Waals surface area contributed by atoms with Crippen LogP contribution in [0.5, 0.6) is 0 Å². The zero-order valence-corrected chi connectivity index (χ0v) is 16.5. The third kappa shape index (κ3) is 3.62. The van der Waals surface area contributed by atoms with Crippen LogP contribution in [-0.4, -0.2) is 56.4 Å². The van der Waals surface area contributed by atoms with Crippen LogP contribution in [0.1, 0.15) is 55.5 Å². The summed E-state index contributed by atoms with van der Waals surface area (Å²) >= 11 is 0. The third-order valence-corrected chi connectivity index (χ3v) is 5.02. The summed E-state index contributed by atoms with van der Waals surface area (Å²) in [4.78, 5) is 9.20. The Hall–Kier alpha value is -1.73. The number of piperazine rings is 1. The monoisotopic (exact) mass is 346 g/mol. The van der Waals surface area contributed by atoms with Crippen LogP contribution in [0.2, 0.25) is 0 Å². The molecule has 3 rings (SSSR count). The van der Waals surface area contributed by atoms with Crippen LogP contribution in [0.15, 0.2) is 4.52 Å². The average molecular weight is 346 g/mol. The molecule has 2 aromatic heterocycles. The maximum absolute atomic E-state index is 5.42. The van der Waals surface area contributed by atoms with E-state index in [0.717, 1.165) is 31.9 Å². The number of hydrogen-bond acceptors (Lipinski definition) is 6. The predicted octanol–water partition coefficient (Wildman–Crippen LogP) is 2.44. The average Bonchev–Trinajstić information content (AvgIpc) is 3.07. The van der Waals surface area contributed by atoms with E-state index in [1.165, 1.54) is 11.3 Å². The fourth-order valence-corrected chi connectivity index (χ4v) is 3.57. The third-order valence-electron chi connectivity index (χ3n) is 5.02. The molecule has 7 heteroatoms. The van der Waals surface area contributed by atoms with Gasteiger partial charge >= 0.3 is 0 Å². The lowest BCUT2D eigenvalue weighted by molar-refractivity contribution is 0.0712. The van der Waals surface area contributed by atoms with Gasteiger partial charge in [0.1, 0.15) is 6.04 Å². The van der Waals surface area contributed by atoms with E-state index >= 15 is 0 Å². The lowest BCUT2D eigenvalue weighted by atomic mass is 10.1. The van der Waals surface area contributed by atoms with Gasteiger partial charge in [-0.05, 0) is 48.6 Å². The van der Waals surface area contributed by atoms with Crippen LogP contribution < -0.4 is 0 Å². The van der Waals surface area contributed by atoms with Crippen LogP contribution in [0.3, 0.4) is 0 Å². The first-order valence-electron chi connectivity index (χ1n) is 8.95. The first-order valence-corrected chi connectivity index (χ1v) is 8.95. The molecule has 1 fully saturated rings. The van der Waals surface area contributed by atoms with Gasteiger partial charge in [0.05, 0.1) is 11.2 Å². The lowest BCUT2D eigenvalue weighted by Crippen LogP contribution is -2.46. The minimum Gasteiger partial charge on any atom is -0.338 e. The maximum atomic E-state index is 5.42. The molecule has 0 saturated carbocycles. The van der Waals surface area contributed by atoms with Crippen molar-refractivity contribution >= 4 is 0 Å². The smallest absolute Gasteiger partial charge is 0.245 e. The fourth-order valence-electron chi connectivity index (χ4n) is 3.57. The van der Waals surface area contributed by atoms with E-state index in [2.05, 4.69) is 66.3 Å². The molecule has 1 atom stereocenters. The van der Waals surface area contributed by atoms with Gasteiger partial charge in [-0.1, -0.05) is 5.16 Å². The molecule has 3 heterocycles. The van der Waals surface area contributed by atoms with Crippen molar-refractivity contribution < 1.29 is 4.52 Å². The van der Waals surface area contributed by atoms with Crippen LogP contribution in [0.4, 0.5) is 0 Å². The molecule has 0 aliphatic carbocycles. The Morgan fingerprint density at radius 1 is 1.16 bits per heavy atom. The normalized spacial score (nSPS) is 20.4. The molecule has 1 saturated heterocycles. The number of aryl methyl sites for hydroxylation is 2. The largest absolute Gasteiger partial charge is 0.338 e. The molecule has 0 bridgehead atoms. The number of rotatable bonds is 3. The first kappa shape index (κ1) is 18.1. The Kier molecular flexibility index (Phi) is 4.72. The number of hydrogen-bond donors (Lipinski definition) is 0. The van der Waals surface area contributed by atoms with E-state index in [1.54, 1.807) is 0 Å². The second-order valence-corrected chi connectivity index (χ2v) is 8.14. The predicted molar refractivity (Wildman–Crippen MR) is 96.4 cm³/mol. The summed E-state index contributed by atoms with van der Waals surface area (Å²) in [5, 5.41) is 8.73. The van der Waals surface area contributed by atoms with E-state index in [1.807, 2.05) is 6.92 Å². The standard InChI is InChI=1S/C18H30N6O/c1-12-15(13(2)24(20-12)18(4,5)6)10-23-9-8-22(7)16(11-23)17-19-14(3)21-25-17/h16H,8-11H2,1-7H3. The molecule has 1 aliphatic heterocycles. The van der Waals surface area contributed by atoms with Gasteiger partial charge in [-0.25, -0.2) is 0 Å². The van der Waals surface area contributed by atoms with E-state index < -0.39 is 0 Å². The summed E-state index contributed by atoms with van der Waals surface area (Å²) in [6.45, 7) is 16.5. The molecule has 0 amide bonds. The van der Waals surface area contributed by atoms with Crippen molar-refractivity contribution in [2.24, 2.45) is 0 Å². The summed E-state index contributed by atoms with van der Waals surface area (Å²) in [6.07, 6.45) is 0. The summed E-state index contributed by atoms with van der Waals surface area (Å²) in [7, 11) is 2.12. The highest BCUT2D eigenvalue weighted by atomic mass is 16.5. The Labute approximate surface area is 150 Å². The maximum Gasteiger partial charge on any atom is 0.245 e. The molecule has 0 N–H and O–H groups in total. The topological polar surface area (TPSA) is 63.2 Å². The van der Waals surface area contributed by atoms with E-state index in [9.17, 15) is 0 Å². The molecule has 2 aromatic rings. The summed E-state index contributed by atoms with van der Waals surface area (Å²) in [5.41, 5.74) is 3.71. The highest BCUT2D eigenvalue weighted by molar-refractivity contribution is 5.25. The first-order chi connectivity index (χ1) is 11.7. The van der Waals surface area contributed by atoms with Crippen LogP contribution in [-0.2, 0) is 12.1 Å². The number of likely N-dealkylation sites (N-methyl/N-ethyl adjacent to an activating group) is 1. The minimum atomic E-state index is -0.000963. The van der Waals surface area contributed by atoms with Crippen molar-refractivity contribution in [3.05, 3.63) is 28.7 Å². The van der Waals surface area contributed by atoms with Gasteiger partial charge in [0.2, 0.25) is 5.89 Å². The van der Waals surface area contributed by atoms with Gasteiger partial charge < -0.3 is 4.52 Å². The van der Waals surface area contributed by atoms with Crippen LogP contribution >= 0.6 is 0 Å². The molecule has 0 aromatic carbocycles. The fraction of sp³-hybridized carbons (Fsp3) is 0.722.